The van der Waals surface area contributed by atoms with Crippen molar-refractivity contribution in [3.63, 3.8) is 0 Å². The Morgan fingerprint density at radius 3 is 2.92 bits per heavy atom. The lowest BCUT2D eigenvalue weighted by molar-refractivity contribution is 0.113. The average Bonchev–Trinajstić information content (AvgIpc) is 2.16. The van der Waals surface area contributed by atoms with Crippen molar-refractivity contribution >= 4 is 0 Å². The van der Waals surface area contributed by atoms with Crippen LogP contribution in [0, 0.1) is 0 Å². The van der Waals surface area contributed by atoms with Gasteiger partial charge in [-0.2, -0.15) is 0 Å². The first-order valence-corrected chi connectivity index (χ1v) is 5.36. The van der Waals surface area contributed by atoms with Crippen LogP contribution in [-0.4, -0.2) is 41.8 Å². The summed E-state index contributed by atoms with van der Waals surface area (Å²) in [6.07, 6.45) is 4.48. The molecule has 0 aromatic carbocycles. The molecule has 1 fully saturated rings. The van der Waals surface area contributed by atoms with E-state index in [0.717, 1.165) is 13.0 Å². The Hall–Kier alpha value is -0.120. The third-order valence-corrected chi connectivity index (χ3v) is 2.96. The van der Waals surface area contributed by atoms with E-state index in [-0.39, 0.29) is 6.10 Å². The maximum atomic E-state index is 9.32. The Kier molecular flexibility index (Phi) is 4.70. The van der Waals surface area contributed by atoms with Gasteiger partial charge in [0.25, 0.3) is 0 Å². The summed E-state index contributed by atoms with van der Waals surface area (Å²) < 4.78 is 0. The van der Waals surface area contributed by atoms with Crippen molar-refractivity contribution in [2.45, 2.75) is 44.8 Å². The molecule has 0 saturated carbocycles. The molecule has 3 heteroatoms. The maximum Gasteiger partial charge on any atom is 0.0674 e. The number of hydrogen-bond acceptors (Lipinski definition) is 3. The van der Waals surface area contributed by atoms with Gasteiger partial charge in [0.1, 0.15) is 0 Å². The quantitative estimate of drug-likeness (QED) is 0.675. The van der Waals surface area contributed by atoms with Gasteiger partial charge in [0.05, 0.1) is 6.10 Å². The number of hydrogen-bond donors (Lipinski definition) is 2. The molecule has 1 saturated heterocycles. The molecule has 2 atom stereocenters. The zero-order valence-electron chi connectivity index (χ0n) is 8.58. The Labute approximate surface area is 80.9 Å². The second-order valence-electron chi connectivity index (χ2n) is 4.06. The standard InChI is InChI=1S/C10H22N2O/c1-9-4-2-3-6-12(9)7-5-10(13)8-11/h9-10,13H,2-8,11H2,1H3. The smallest absolute Gasteiger partial charge is 0.0674 e. The fourth-order valence-electron chi connectivity index (χ4n) is 1.92. The number of aliphatic hydroxyl groups excluding tert-OH is 1. The normalized spacial score (nSPS) is 27.5. The molecule has 0 amide bonds. The summed E-state index contributed by atoms with van der Waals surface area (Å²) in [5.41, 5.74) is 5.35. The summed E-state index contributed by atoms with van der Waals surface area (Å²) in [6, 6.07) is 0.693. The summed E-state index contributed by atoms with van der Waals surface area (Å²) in [5.74, 6) is 0. The van der Waals surface area contributed by atoms with E-state index >= 15 is 0 Å². The molecule has 0 radical (unpaired) electrons. The number of rotatable bonds is 4. The van der Waals surface area contributed by atoms with Gasteiger partial charge >= 0.3 is 0 Å². The van der Waals surface area contributed by atoms with Gasteiger partial charge in [0.15, 0.2) is 0 Å². The SMILES string of the molecule is CC1CCCCN1CCC(O)CN. The molecule has 1 rings (SSSR count). The molecular weight excluding hydrogens is 164 g/mol. The summed E-state index contributed by atoms with van der Waals surface area (Å²) in [4.78, 5) is 2.46. The topological polar surface area (TPSA) is 49.5 Å². The fourth-order valence-corrected chi connectivity index (χ4v) is 1.92. The Balaban J connectivity index is 2.18. The van der Waals surface area contributed by atoms with Crippen LogP contribution in [0.4, 0.5) is 0 Å². The van der Waals surface area contributed by atoms with E-state index < -0.39 is 0 Å². The van der Waals surface area contributed by atoms with E-state index in [1.54, 1.807) is 0 Å². The predicted molar refractivity (Wildman–Crippen MR) is 54.6 cm³/mol. The van der Waals surface area contributed by atoms with Gasteiger partial charge in [-0.1, -0.05) is 6.42 Å². The van der Waals surface area contributed by atoms with Crippen LogP contribution in [0.25, 0.3) is 0 Å². The first-order valence-electron chi connectivity index (χ1n) is 5.36. The van der Waals surface area contributed by atoms with E-state index in [9.17, 15) is 5.11 Å². The molecular formula is C10H22N2O. The number of piperidine rings is 1. The Bertz CT molecular complexity index is 141. The van der Waals surface area contributed by atoms with E-state index in [4.69, 9.17) is 5.73 Å². The number of nitrogens with zero attached hydrogens (tertiary/aromatic N) is 1. The molecule has 1 aliphatic rings. The summed E-state index contributed by atoms with van der Waals surface area (Å²) in [6.45, 7) is 4.86. The maximum absolute atomic E-state index is 9.32. The van der Waals surface area contributed by atoms with Crippen molar-refractivity contribution in [1.29, 1.82) is 0 Å². The van der Waals surface area contributed by atoms with E-state index in [0.29, 0.717) is 12.6 Å². The molecule has 1 aliphatic heterocycles. The fraction of sp³-hybridized carbons (Fsp3) is 1.00. The van der Waals surface area contributed by atoms with Gasteiger partial charge in [-0.3, -0.25) is 0 Å². The lowest BCUT2D eigenvalue weighted by atomic mass is 10.0. The van der Waals surface area contributed by atoms with Gasteiger partial charge in [-0.15, -0.1) is 0 Å². The highest BCUT2D eigenvalue weighted by atomic mass is 16.3. The van der Waals surface area contributed by atoms with Crippen LogP contribution in [-0.2, 0) is 0 Å². The van der Waals surface area contributed by atoms with Crippen molar-refractivity contribution < 1.29 is 5.11 Å². The van der Waals surface area contributed by atoms with Crippen LogP contribution in [0.1, 0.15) is 32.6 Å². The van der Waals surface area contributed by atoms with Gasteiger partial charge < -0.3 is 15.7 Å². The highest BCUT2D eigenvalue weighted by Crippen LogP contribution is 2.16. The molecule has 0 aromatic rings. The van der Waals surface area contributed by atoms with Crippen molar-refractivity contribution in [2.24, 2.45) is 5.73 Å². The molecule has 0 bridgehead atoms. The van der Waals surface area contributed by atoms with E-state index in [1.165, 1.54) is 25.8 Å². The number of aliphatic hydroxyl groups is 1. The van der Waals surface area contributed by atoms with Crippen LogP contribution >= 0.6 is 0 Å². The van der Waals surface area contributed by atoms with E-state index in [1.807, 2.05) is 0 Å². The molecule has 1 heterocycles. The first kappa shape index (κ1) is 11.0. The van der Waals surface area contributed by atoms with Crippen LogP contribution in [0.5, 0.6) is 0 Å². The lowest BCUT2D eigenvalue weighted by Gasteiger charge is -2.33. The molecule has 3 nitrogen and oxygen atoms in total. The highest BCUT2D eigenvalue weighted by Gasteiger charge is 2.18. The highest BCUT2D eigenvalue weighted by molar-refractivity contribution is 4.73. The van der Waals surface area contributed by atoms with Crippen molar-refractivity contribution in [3.05, 3.63) is 0 Å². The third kappa shape index (κ3) is 3.63. The third-order valence-electron chi connectivity index (χ3n) is 2.96. The molecule has 0 aromatic heterocycles. The zero-order valence-corrected chi connectivity index (χ0v) is 8.58. The first-order chi connectivity index (χ1) is 6.24. The van der Waals surface area contributed by atoms with Crippen LogP contribution < -0.4 is 5.73 Å². The minimum atomic E-state index is -0.311. The number of likely N-dealkylation sites (tertiary alicyclic amines) is 1. The predicted octanol–water partition coefficient (Wildman–Crippen LogP) is 0.571. The lowest BCUT2D eigenvalue weighted by Crippen LogP contribution is -2.39. The van der Waals surface area contributed by atoms with Crippen LogP contribution in [0.3, 0.4) is 0 Å². The minimum Gasteiger partial charge on any atom is -0.392 e. The van der Waals surface area contributed by atoms with Crippen molar-refractivity contribution in [2.75, 3.05) is 19.6 Å². The zero-order chi connectivity index (χ0) is 9.68. The largest absolute Gasteiger partial charge is 0.392 e. The van der Waals surface area contributed by atoms with Gasteiger partial charge in [0, 0.05) is 19.1 Å². The molecule has 0 spiro atoms. The van der Waals surface area contributed by atoms with Gasteiger partial charge in [-0.05, 0) is 32.7 Å². The molecule has 2 unspecified atom stereocenters. The van der Waals surface area contributed by atoms with Crippen molar-refractivity contribution in [3.8, 4) is 0 Å². The summed E-state index contributed by atoms with van der Waals surface area (Å²) >= 11 is 0. The van der Waals surface area contributed by atoms with Crippen LogP contribution in [0.2, 0.25) is 0 Å². The Morgan fingerprint density at radius 1 is 1.54 bits per heavy atom. The monoisotopic (exact) mass is 186 g/mol. The van der Waals surface area contributed by atoms with Gasteiger partial charge in [-0.25, -0.2) is 0 Å². The average molecular weight is 186 g/mol. The molecule has 78 valence electrons. The Morgan fingerprint density at radius 2 is 2.31 bits per heavy atom. The second kappa shape index (κ2) is 5.58. The summed E-state index contributed by atoms with van der Waals surface area (Å²) in [7, 11) is 0. The van der Waals surface area contributed by atoms with Crippen LogP contribution in [0.15, 0.2) is 0 Å². The molecule has 0 aliphatic carbocycles. The van der Waals surface area contributed by atoms with Gasteiger partial charge in [0.2, 0.25) is 0 Å². The number of nitrogens with two attached hydrogens (primary N) is 1. The molecule has 3 N–H and O–H groups in total. The minimum absolute atomic E-state index is 0.311. The van der Waals surface area contributed by atoms with E-state index in [2.05, 4.69) is 11.8 Å². The van der Waals surface area contributed by atoms with Crippen molar-refractivity contribution in [1.82, 2.24) is 4.90 Å². The second-order valence-corrected chi connectivity index (χ2v) is 4.06. The summed E-state index contributed by atoms with van der Waals surface area (Å²) in [5, 5.41) is 9.32. The molecule has 13 heavy (non-hydrogen) atoms.